The summed E-state index contributed by atoms with van der Waals surface area (Å²) >= 11 is 0. The van der Waals surface area contributed by atoms with Crippen LogP contribution in [0.4, 0.5) is 10.1 Å². The highest BCUT2D eigenvalue weighted by molar-refractivity contribution is 6.07. The van der Waals surface area contributed by atoms with Crippen LogP contribution in [0.25, 0.3) is 0 Å². The van der Waals surface area contributed by atoms with Gasteiger partial charge in [-0.05, 0) is 42.7 Å². The van der Waals surface area contributed by atoms with Crippen LogP contribution < -0.4 is 4.90 Å². The summed E-state index contributed by atoms with van der Waals surface area (Å²) in [6.07, 6.45) is 1.35. The van der Waals surface area contributed by atoms with E-state index in [9.17, 15) is 19.1 Å². The van der Waals surface area contributed by atoms with Gasteiger partial charge < -0.3 is 19.6 Å². The lowest BCUT2D eigenvalue weighted by Gasteiger charge is -2.59. The molecule has 162 valence electrons. The lowest BCUT2D eigenvalue weighted by atomic mass is 9.71. The molecule has 2 aromatic rings. The molecule has 5 rings (SSSR count). The van der Waals surface area contributed by atoms with E-state index in [-0.39, 0.29) is 47.9 Å². The molecule has 0 aliphatic carbocycles. The molecule has 2 saturated heterocycles. The molecule has 3 heterocycles. The van der Waals surface area contributed by atoms with E-state index in [1.165, 1.54) is 18.2 Å². The second kappa shape index (κ2) is 8.05. The smallest absolute Gasteiger partial charge is 0.258 e. The minimum Gasteiger partial charge on any atom is -0.394 e. The normalized spacial score (nSPS) is 25.4. The number of fused-ring (bicyclic) bond motifs is 3. The molecule has 2 aromatic carbocycles. The number of aliphatic hydroxyl groups is 1. The van der Waals surface area contributed by atoms with Gasteiger partial charge in [0.15, 0.2) is 0 Å². The molecule has 0 bridgehead atoms. The van der Waals surface area contributed by atoms with E-state index in [0.717, 1.165) is 11.3 Å². The Kier molecular flexibility index (Phi) is 5.24. The topological polar surface area (TPSA) is 70.1 Å². The minimum absolute atomic E-state index is 0.0263. The van der Waals surface area contributed by atoms with Gasteiger partial charge in [0.2, 0.25) is 5.91 Å². The van der Waals surface area contributed by atoms with Crippen LogP contribution >= 0.6 is 0 Å². The fourth-order valence-electron chi connectivity index (χ4n) is 5.32. The summed E-state index contributed by atoms with van der Waals surface area (Å²) in [5.74, 6) is -0.873. The van der Waals surface area contributed by atoms with Gasteiger partial charge in [-0.25, -0.2) is 4.39 Å². The first-order chi connectivity index (χ1) is 15.1. The van der Waals surface area contributed by atoms with Crippen molar-refractivity contribution < 1.29 is 23.8 Å². The molecule has 7 heteroatoms. The Balaban J connectivity index is 1.49. The summed E-state index contributed by atoms with van der Waals surface area (Å²) in [7, 11) is 0. The van der Waals surface area contributed by atoms with Crippen LogP contribution in [0.1, 0.15) is 34.7 Å². The molecule has 3 aliphatic rings. The van der Waals surface area contributed by atoms with Gasteiger partial charge in [0.05, 0.1) is 18.7 Å². The fourth-order valence-corrected chi connectivity index (χ4v) is 5.32. The number of anilines is 1. The van der Waals surface area contributed by atoms with Crippen LogP contribution in [-0.2, 0) is 9.53 Å². The third kappa shape index (κ3) is 3.32. The summed E-state index contributed by atoms with van der Waals surface area (Å²) in [6, 6.07) is 12.8. The van der Waals surface area contributed by atoms with Crippen LogP contribution in [0.5, 0.6) is 0 Å². The molecule has 0 radical (unpaired) electrons. The summed E-state index contributed by atoms with van der Waals surface area (Å²) in [5.41, 5.74) is 1.97. The first kappa shape index (κ1) is 20.2. The number of nitrogens with zero attached hydrogens (tertiary/aromatic N) is 2. The molecule has 0 aromatic heterocycles. The highest BCUT2D eigenvalue weighted by Crippen LogP contribution is 2.49. The maximum atomic E-state index is 13.7. The van der Waals surface area contributed by atoms with E-state index >= 15 is 0 Å². The number of para-hydroxylation sites is 1. The standard InChI is InChI=1S/C24H25FN2O4/c25-17-5-3-4-16(12-17)23(29)26-13-20-22(18-6-1-2-7-19(18)26)21(14-28)27(20)24(30)15-8-10-31-11-9-15/h1-7,12,15,20-22,28H,8-11,13-14H2/t20-,21-,22-/m0/s1. The zero-order chi connectivity index (χ0) is 21.5. The van der Waals surface area contributed by atoms with Gasteiger partial charge in [0.25, 0.3) is 5.91 Å². The molecule has 2 fully saturated rings. The predicted octanol–water partition coefficient (Wildman–Crippen LogP) is 2.57. The van der Waals surface area contributed by atoms with E-state index in [0.29, 0.717) is 32.6 Å². The molecule has 0 saturated carbocycles. The molecule has 6 nitrogen and oxygen atoms in total. The summed E-state index contributed by atoms with van der Waals surface area (Å²) in [5, 5.41) is 10.1. The average molecular weight is 424 g/mol. The van der Waals surface area contributed by atoms with Crippen molar-refractivity contribution in [1.29, 1.82) is 0 Å². The number of carbonyl (C=O) groups is 2. The fraction of sp³-hybridized carbons (Fsp3) is 0.417. The second-order valence-corrected chi connectivity index (χ2v) is 8.46. The third-order valence-corrected chi connectivity index (χ3v) is 6.83. The number of hydrogen-bond donors (Lipinski definition) is 1. The number of hydrogen-bond acceptors (Lipinski definition) is 4. The second-order valence-electron chi connectivity index (χ2n) is 8.46. The van der Waals surface area contributed by atoms with Crippen molar-refractivity contribution in [3.63, 3.8) is 0 Å². The van der Waals surface area contributed by atoms with Crippen LogP contribution in [0.3, 0.4) is 0 Å². The molecule has 3 aliphatic heterocycles. The first-order valence-electron chi connectivity index (χ1n) is 10.8. The Morgan fingerprint density at radius 2 is 1.87 bits per heavy atom. The highest BCUT2D eigenvalue weighted by atomic mass is 19.1. The summed E-state index contributed by atoms with van der Waals surface area (Å²) in [6.45, 7) is 1.33. The number of aliphatic hydroxyl groups excluding tert-OH is 1. The molecule has 0 spiro atoms. The van der Waals surface area contributed by atoms with Gasteiger partial charge in [0.1, 0.15) is 5.82 Å². The van der Waals surface area contributed by atoms with Gasteiger partial charge >= 0.3 is 0 Å². The number of benzene rings is 2. The molecule has 1 N–H and O–H groups in total. The third-order valence-electron chi connectivity index (χ3n) is 6.83. The number of ether oxygens (including phenoxy) is 1. The predicted molar refractivity (Wildman–Crippen MR) is 112 cm³/mol. The molecule has 31 heavy (non-hydrogen) atoms. The van der Waals surface area contributed by atoms with E-state index in [1.807, 2.05) is 24.3 Å². The summed E-state index contributed by atoms with van der Waals surface area (Å²) < 4.78 is 19.1. The van der Waals surface area contributed by atoms with Crippen LogP contribution in [0.15, 0.2) is 48.5 Å². The maximum absolute atomic E-state index is 13.7. The van der Waals surface area contributed by atoms with Crippen molar-refractivity contribution in [2.75, 3.05) is 31.3 Å². The number of carbonyl (C=O) groups excluding carboxylic acids is 2. The molecule has 0 unspecified atom stereocenters. The SMILES string of the molecule is O=C(c1cccc(F)c1)N1C[C@H]2[C@H](c3ccccc31)[C@H](CO)N2C(=O)C1CCOCC1. The van der Waals surface area contributed by atoms with E-state index < -0.39 is 5.82 Å². The van der Waals surface area contributed by atoms with Gasteiger partial charge in [-0.2, -0.15) is 0 Å². The lowest BCUT2D eigenvalue weighted by Crippen LogP contribution is -2.71. The van der Waals surface area contributed by atoms with E-state index in [1.54, 1.807) is 15.9 Å². The minimum atomic E-state index is -0.464. The summed E-state index contributed by atoms with van der Waals surface area (Å²) in [4.78, 5) is 30.0. The van der Waals surface area contributed by atoms with Crippen LogP contribution in [-0.4, -0.2) is 60.3 Å². The number of amides is 2. The van der Waals surface area contributed by atoms with Crippen molar-refractivity contribution in [2.24, 2.45) is 5.92 Å². The highest BCUT2D eigenvalue weighted by Gasteiger charge is 2.56. The zero-order valence-electron chi connectivity index (χ0n) is 17.1. The van der Waals surface area contributed by atoms with Gasteiger partial charge in [-0.1, -0.05) is 24.3 Å². The number of likely N-dealkylation sites (tertiary alicyclic amines) is 1. The van der Waals surface area contributed by atoms with Gasteiger partial charge in [0, 0.05) is 42.8 Å². The monoisotopic (exact) mass is 424 g/mol. The average Bonchev–Trinajstić information content (AvgIpc) is 2.79. The lowest BCUT2D eigenvalue weighted by molar-refractivity contribution is -0.157. The van der Waals surface area contributed by atoms with Crippen LogP contribution in [0.2, 0.25) is 0 Å². The van der Waals surface area contributed by atoms with E-state index in [2.05, 4.69) is 0 Å². The Labute approximate surface area is 180 Å². The van der Waals surface area contributed by atoms with Crippen molar-refractivity contribution in [1.82, 2.24) is 4.90 Å². The Morgan fingerprint density at radius 3 is 2.61 bits per heavy atom. The first-order valence-corrected chi connectivity index (χ1v) is 10.8. The van der Waals surface area contributed by atoms with Crippen LogP contribution in [0, 0.1) is 11.7 Å². The molecular weight excluding hydrogens is 399 g/mol. The number of rotatable bonds is 3. The zero-order valence-corrected chi connectivity index (χ0v) is 17.1. The van der Waals surface area contributed by atoms with Crippen molar-refractivity contribution in [3.8, 4) is 0 Å². The largest absolute Gasteiger partial charge is 0.394 e. The Bertz CT molecular complexity index is 1010. The Hall–Kier alpha value is -2.77. The quantitative estimate of drug-likeness (QED) is 0.822. The van der Waals surface area contributed by atoms with Crippen molar-refractivity contribution in [3.05, 3.63) is 65.5 Å². The molecule has 3 atom stereocenters. The van der Waals surface area contributed by atoms with Gasteiger partial charge in [-0.15, -0.1) is 0 Å². The maximum Gasteiger partial charge on any atom is 0.258 e. The Morgan fingerprint density at radius 1 is 1.10 bits per heavy atom. The van der Waals surface area contributed by atoms with E-state index in [4.69, 9.17) is 4.74 Å². The molecule has 2 amide bonds. The molecular formula is C24H25FN2O4. The van der Waals surface area contributed by atoms with Crippen molar-refractivity contribution in [2.45, 2.75) is 30.8 Å². The van der Waals surface area contributed by atoms with Crippen molar-refractivity contribution >= 4 is 17.5 Å². The van der Waals surface area contributed by atoms with Gasteiger partial charge in [-0.3, -0.25) is 9.59 Å². The number of halogens is 1.